The van der Waals surface area contributed by atoms with Crippen molar-refractivity contribution < 1.29 is 4.79 Å². The second-order valence-electron chi connectivity index (χ2n) is 5.19. The van der Waals surface area contributed by atoms with Gasteiger partial charge in [-0.2, -0.15) is 5.26 Å². The van der Waals surface area contributed by atoms with Crippen molar-refractivity contribution in [1.82, 2.24) is 4.98 Å². The summed E-state index contributed by atoms with van der Waals surface area (Å²) in [6, 6.07) is 7.55. The molecule has 0 bridgehead atoms. The number of aromatic nitrogens is 1. The third-order valence-corrected chi connectivity index (χ3v) is 3.85. The number of carbonyl (C=O) groups excluding carboxylic acids is 1. The second-order valence-corrected chi connectivity index (χ2v) is 5.19. The smallest absolute Gasteiger partial charge is 0.168 e. The number of rotatable bonds is 6. The van der Waals surface area contributed by atoms with Crippen molar-refractivity contribution in [1.29, 1.82) is 5.26 Å². The zero-order valence-electron chi connectivity index (χ0n) is 12.1. The third-order valence-electron chi connectivity index (χ3n) is 3.85. The highest BCUT2D eigenvalue weighted by Gasteiger charge is 2.20. The van der Waals surface area contributed by atoms with Crippen LogP contribution in [0.5, 0.6) is 0 Å². The molecule has 0 radical (unpaired) electrons. The third kappa shape index (κ3) is 2.75. The number of nitrogens with one attached hydrogen (secondary N) is 1. The van der Waals surface area contributed by atoms with E-state index in [0.717, 1.165) is 42.1 Å². The molecule has 104 valence electrons. The molecule has 2 aromatic rings. The monoisotopic (exact) mass is 268 g/mol. The van der Waals surface area contributed by atoms with Crippen LogP contribution in [0.3, 0.4) is 0 Å². The van der Waals surface area contributed by atoms with E-state index in [-0.39, 0.29) is 11.7 Å². The van der Waals surface area contributed by atoms with Crippen LogP contribution in [0.1, 0.15) is 55.5 Å². The molecule has 0 spiro atoms. The van der Waals surface area contributed by atoms with Gasteiger partial charge in [0.2, 0.25) is 0 Å². The Morgan fingerprint density at radius 2 is 2.20 bits per heavy atom. The fourth-order valence-electron chi connectivity index (χ4n) is 2.59. The number of hydrogen-bond donors (Lipinski definition) is 1. The van der Waals surface area contributed by atoms with Crippen molar-refractivity contribution in [2.75, 3.05) is 0 Å². The van der Waals surface area contributed by atoms with Gasteiger partial charge in [-0.25, -0.2) is 0 Å². The largest absolute Gasteiger partial charge is 0.360 e. The van der Waals surface area contributed by atoms with Gasteiger partial charge in [-0.05, 0) is 31.0 Å². The molecule has 1 heterocycles. The van der Waals surface area contributed by atoms with E-state index < -0.39 is 0 Å². The number of H-pyrrole nitrogens is 1. The lowest BCUT2D eigenvalue weighted by atomic mass is 9.90. The number of hydrogen-bond acceptors (Lipinski definition) is 2. The minimum absolute atomic E-state index is 0.0830. The predicted molar refractivity (Wildman–Crippen MR) is 80.7 cm³/mol. The minimum atomic E-state index is 0.0830. The van der Waals surface area contributed by atoms with Crippen molar-refractivity contribution in [3.8, 4) is 6.07 Å². The van der Waals surface area contributed by atoms with E-state index in [4.69, 9.17) is 5.26 Å². The molecule has 1 aromatic carbocycles. The first-order valence-corrected chi connectivity index (χ1v) is 7.26. The molecular weight excluding hydrogens is 248 g/mol. The van der Waals surface area contributed by atoms with Gasteiger partial charge in [0.25, 0.3) is 0 Å². The van der Waals surface area contributed by atoms with E-state index in [0.29, 0.717) is 5.56 Å². The van der Waals surface area contributed by atoms with Gasteiger partial charge in [0, 0.05) is 28.6 Å². The van der Waals surface area contributed by atoms with Gasteiger partial charge in [-0.3, -0.25) is 4.79 Å². The molecule has 0 saturated carbocycles. The molecule has 3 nitrogen and oxygen atoms in total. The van der Waals surface area contributed by atoms with Crippen LogP contribution in [0.15, 0.2) is 24.4 Å². The lowest BCUT2D eigenvalue weighted by Gasteiger charge is -2.12. The Morgan fingerprint density at radius 1 is 1.40 bits per heavy atom. The molecule has 0 aliphatic carbocycles. The number of fused-ring (bicyclic) bond motifs is 1. The molecular formula is C17H20N2O. The molecule has 1 N–H and O–H groups in total. The Balaban J connectivity index is 2.36. The number of unbranched alkanes of at least 4 members (excludes halogenated alkanes) is 1. The Kier molecular flexibility index (Phi) is 4.57. The maximum atomic E-state index is 12.7. The Hall–Kier alpha value is -2.08. The summed E-state index contributed by atoms with van der Waals surface area (Å²) in [7, 11) is 0. The van der Waals surface area contributed by atoms with Crippen molar-refractivity contribution in [3.05, 3.63) is 35.5 Å². The number of ketones is 1. The van der Waals surface area contributed by atoms with Gasteiger partial charge in [0.1, 0.15) is 0 Å². The van der Waals surface area contributed by atoms with Crippen LogP contribution in [-0.2, 0) is 0 Å². The second kappa shape index (κ2) is 6.38. The van der Waals surface area contributed by atoms with Crippen LogP contribution in [0.2, 0.25) is 0 Å². The molecule has 0 aliphatic rings. The molecule has 0 aliphatic heterocycles. The molecule has 0 amide bonds. The van der Waals surface area contributed by atoms with E-state index >= 15 is 0 Å². The molecule has 1 unspecified atom stereocenters. The summed E-state index contributed by atoms with van der Waals surface area (Å²) in [5.74, 6) is 0.280. The first-order valence-electron chi connectivity index (χ1n) is 7.26. The van der Waals surface area contributed by atoms with Crippen LogP contribution in [0.4, 0.5) is 0 Å². The van der Waals surface area contributed by atoms with Crippen LogP contribution < -0.4 is 0 Å². The minimum Gasteiger partial charge on any atom is -0.360 e. The molecule has 2 rings (SSSR count). The lowest BCUT2D eigenvalue weighted by molar-refractivity contribution is 0.0910. The van der Waals surface area contributed by atoms with Crippen LogP contribution in [-0.4, -0.2) is 10.8 Å². The van der Waals surface area contributed by atoms with Crippen molar-refractivity contribution in [2.24, 2.45) is 5.92 Å². The van der Waals surface area contributed by atoms with Gasteiger partial charge in [-0.15, -0.1) is 0 Å². The number of benzene rings is 1. The van der Waals surface area contributed by atoms with Crippen molar-refractivity contribution in [3.63, 3.8) is 0 Å². The highest BCUT2D eigenvalue weighted by Crippen LogP contribution is 2.25. The van der Waals surface area contributed by atoms with Gasteiger partial charge < -0.3 is 4.98 Å². The molecule has 0 fully saturated rings. The van der Waals surface area contributed by atoms with Gasteiger partial charge >= 0.3 is 0 Å². The average molecular weight is 268 g/mol. The maximum absolute atomic E-state index is 12.7. The zero-order valence-corrected chi connectivity index (χ0v) is 12.1. The number of nitriles is 1. The zero-order chi connectivity index (χ0) is 14.5. The highest BCUT2D eigenvalue weighted by molar-refractivity contribution is 6.09. The number of nitrogens with zero attached hydrogens (tertiary/aromatic N) is 1. The van der Waals surface area contributed by atoms with Crippen LogP contribution >= 0.6 is 0 Å². The van der Waals surface area contributed by atoms with Crippen molar-refractivity contribution in [2.45, 2.75) is 39.5 Å². The van der Waals surface area contributed by atoms with Gasteiger partial charge in [0.15, 0.2) is 5.78 Å². The molecule has 20 heavy (non-hydrogen) atoms. The quantitative estimate of drug-likeness (QED) is 0.787. The standard InChI is InChI=1S/C17H20N2O/c1-3-5-6-13(4-2)17(20)15-11-19-16-8-7-12(10-18)9-14(15)16/h7-9,11,13,19H,3-6H2,1-2H3. The lowest BCUT2D eigenvalue weighted by Crippen LogP contribution is -2.13. The summed E-state index contributed by atoms with van der Waals surface area (Å²) in [5, 5.41) is 9.86. The number of Topliss-reactive ketones (excluding diaryl/α,β-unsaturated/α-hetero) is 1. The Morgan fingerprint density at radius 3 is 2.85 bits per heavy atom. The summed E-state index contributed by atoms with van der Waals surface area (Å²) in [4.78, 5) is 15.8. The van der Waals surface area contributed by atoms with E-state index in [1.807, 2.05) is 6.07 Å². The molecule has 1 aromatic heterocycles. The highest BCUT2D eigenvalue weighted by atomic mass is 16.1. The average Bonchev–Trinajstić information content (AvgIpc) is 2.90. The first-order chi connectivity index (χ1) is 9.71. The predicted octanol–water partition coefficient (Wildman–Crippen LogP) is 4.44. The van der Waals surface area contributed by atoms with Crippen LogP contribution in [0, 0.1) is 17.2 Å². The van der Waals surface area contributed by atoms with E-state index in [2.05, 4.69) is 24.9 Å². The Bertz CT molecular complexity index is 649. The molecule has 3 heteroatoms. The Labute approximate surface area is 119 Å². The van der Waals surface area contributed by atoms with E-state index in [9.17, 15) is 4.79 Å². The first kappa shape index (κ1) is 14.3. The summed E-state index contributed by atoms with van der Waals surface area (Å²) < 4.78 is 0. The van der Waals surface area contributed by atoms with Crippen molar-refractivity contribution >= 4 is 16.7 Å². The summed E-state index contributed by atoms with van der Waals surface area (Å²) >= 11 is 0. The fraction of sp³-hybridized carbons (Fsp3) is 0.412. The topological polar surface area (TPSA) is 56.6 Å². The number of carbonyl (C=O) groups is 1. The number of aromatic amines is 1. The van der Waals surface area contributed by atoms with Gasteiger partial charge in [-0.1, -0.05) is 26.7 Å². The SMILES string of the molecule is CCCCC(CC)C(=O)c1c[nH]c2ccc(C#N)cc12. The fourth-order valence-corrected chi connectivity index (χ4v) is 2.59. The maximum Gasteiger partial charge on any atom is 0.168 e. The van der Waals surface area contributed by atoms with E-state index in [1.54, 1.807) is 18.3 Å². The molecule has 0 saturated heterocycles. The van der Waals surface area contributed by atoms with E-state index in [1.165, 1.54) is 0 Å². The normalized spacial score (nSPS) is 12.2. The van der Waals surface area contributed by atoms with Gasteiger partial charge in [0.05, 0.1) is 11.6 Å². The van der Waals surface area contributed by atoms with Crippen LogP contribution in [0.25, 0.3) is 10.9 Å². The molecule has 1 atom stereocenters. The summed E-state index contributed by atoms with van der Waals surface area (Å²) in [6.45, 7) is 4.20. The summed E-state index contributed by atoms with van der Waals surface area (Å²) in [6.07, 6.45) is 5.77. The summed E-state index contributed by atoms with van der Waals surface area (Å²) in [5.41, 5.74) is 2.23.